The number of rotatable bonds is 3. The van der Waals surface area contributed by atoms with Crippen molar-refractivity contribution in [2.75, 3.05) is 26.7 Å². The van der Waals surface area contributed by atoms with Crippen LogP contribution in [0.2, 0.25) is 0 Å². The molecule has 5 heteroatoms. The Morgan fingerprint density at radius 3 is 2.86 bits per heavy atom. The molecular formula is C9H15N3O2. The fraction of sp³-hybridized carbons (Fsp3) is 0.778. The van der Waals surface area contributed by atoms with Crippen LogP contribution in [0.25, 0.3) is 0 Å². The standard InChI is InChI=1S/C9H15N3O2/c1-11(7-2-3-7)6-8(13)12-5-4-10-9(12)14/h7H,2-6H2,1H3,(H,10,14). The van der Waals surface area contributed by atoms with Gasteiger partial charge in [0.15, 0.2) is 0 Å². The summed E-state index contributed by atoms with van der Waals surface area (Å²) in [5.74, 6) is -0.0885. The smallest absolute Gasteiger partial charge is 0.324 e. The largest absolute Gasteiger partial charge is 0.336 e. The lowest BCUT2D eigenvalue weighted by Gasteiger charge is -2.18. The number of hydrogen-bond acceptors (Lipinski definition) is 3. The van der Waals surface area contributed by atoms with Crippen LogP contribution in [0.15, 0.2) is 0 Å². The number of carbonyl (C=O) groups excluding carboxylic acids is 2. The zero-order valence-electron chi connectivity index (χ0n) is 8.32. The summed E-state index contributed by atoms with van der Waals surface area (Å²) in [6.45, 7) is 1.45. The fourth-order valence-corrected chi connectivity index (χ4v) is 1.65. The number of nitrogens with zero attached hydrogens (tertiary/aromatic N) is 2. The lowest BCUT2D eigenvalue weighted by atomic mass is 10.4. The highest BCUT2D eigenvalue weighted by molar-refractivity contribution is 5.96. The molecular weight excluding hydrogens is 182 g/mol. The van der Waals surface area contributed by atoms with Gasteiger partial charge in [-0.05, 0) is 19.9 Å². The molecule has 1 heterocycles. The van der Waals surface area contributed by atoms with Crippen molar-refractivity contribution in [3.63, 3.8) is 0 Å². The van der Waals surface area contributed by atoms with E-state index in [1.54, 1.807) is 0 Å². The second kappa shape index (κ2) is 3.57. The van der Waals surface area contributed by atoms with Crippen LogP contribution in [0.3, 0.4) is 0 Å². The van der Waals surface area contributed by atoms with Crippen molar-refractivity contribution in [3.8, 4) is 0 Å². The van der Waals surface area contributed by atoms with Gasteiger partial charge >= 0.3 is 6.03 Å². The van der Waals surface area contributed by atoms with Crippen LogP contribution in [0, 0.1) is 0 Å². The van der Waals surface area contributed by atoms with Crippen LogP contribution in [0.5, 0.6) is 0 Å². The summed E-state index contributed by atoms with van der Waals surface area (Å²) in [6.07, 6.45) is 2.35. The summed E-state index contributed by atoms with van der Waals surface area (Å²) in [6, 6.07) is 0.309. The van der Waals surface area contributed by atoms with Crippen molar-refractivity contribution in [2.45, 2.75) is 18.9 Å². The molecule has 0 aromatic rings. The third-order valence-corrected chi connectivity index (χ3v) is 2.71. The maximum atomic E-state index is 11.6. The summed E-state index contributed by atoms with van der Waals surface area (Å²) in [5.41, 5.74) is 0. The number of imide groups is 1. The Morgan fingerprint density at radius 1 is 1.64 bits per heavy atom. The molecule has 0 bridgehead atoms. The highest BCUT2D eigenvalue weighted by atomic mass is 16.2. The molecule has 14 heavy (non-hydrogen) atoms. The molecule has 0 aromatic carbocycles. The lowest BCUT2D eigenvalue weighted by molar-refractivity contribution is -0.128. The predicted octanol–water partition coefficient (Wildman–Crippen LogP) is -0.368. The average molecular weight is 197 g/mol. The molecule has 0 atom stereocenters. The van der Waals surface area contributed by atoms with Crippen molar-refractivity contribution in [1.82, 2.24) is 15.1 Å². The Labute approximate surface area is 83.0 Å². The van der Waals surface area contributed by atoms with Gasteiger partial charge in [-0.15, -0.1) is 0 Å². The lowest BCUT2D eigenvalue weighted by Crippen LogP contribution is -2.41. The van der Waals surface area contributed by atoms with E-state index in [4.69, 9.17) is 0 Å². The normalized spacial score (nSPS) is 21.6. The average Bonchev–Trinajstić information content (AvgIpc) is 2.89. The molecule has 0 spiro atoms. The first-order chi connectivity index (χ1) is 6.68. The first-order valence-corrected chi connectivity index (χ1v) is 4.97. The second-order valence-corrected chi connectivity index (χ2v) is 3.92. The summed E-state index contributed by atoms with van der Waals surface area (Å²) >= 11 is 0. The first-order valence-electron chi connectivity index (χ1n) is 4.97. The minimum atomic E-state index is -0.251. The number of amides is 3. The topological polar surface area (TPSA) is 52.7 Å². The van der Waals surface area contributed by atoms with E-state index in [1.807, 2.05) is 11.9 Å². The van der Waals surface area contributed by atoms with Crippen LogP contribution < -0.4 is 5.32 Å². The molecule has 2 aliphatic rings. The summed E-state index contributed by atoms with van der Waals surface area (Å²) in [4.78, 5) is 26.1. The highest BCUT2D eigenvalue weighted by Crippen LogP contribution is 2.25. The Kier molecular flexibility index (Phi) is 2.41. The number of urea groups is 1. The molecule has 0 unspecified atom stereocenters. The summed E-state index contributed by atoms with van der Waals surface area (Å²) in [5, 5.41) is 2.62. The van der Waals surface area contributed by atoms with Gasteiger partial charge in [-0.3, -0.25) is 14.6 Å². The van der Waals surface area contributed by atoms with Crippen LogP contribution >= 0.6 is 0 Å². The minimum absolute atomic E-state index is 0.0885. The van der Waals surface area contributed by atoms with E-state index in [-0.39, 0.29) is 11.9 Å². The molecule has 2 fully saturated rings. The quantitative estimate of drug-likeness (QED) is 0.671. The number of likely N-dealkylation sites (N-methyl/N-ethyl adjacent to an activating group) is 1. The molecule has 1 saturated carbocycles. The molecule has 0 radical (unpaired) electrons. The third-order valence-electron chi connectivity index (χ3n) is 2.71. The molecule has 1 aliphatic heterocycles. The SMILES string of the molecule is CN(CC(=O)N1CCNC1=O)C1CC1. The molecule has 0 aromatic heterocycles. The van der Waals surface area contributed by atoms with Crippen molar-refractivity contribution in [2.24, 2.45) is 0 Å². The monoisotopic (exact) mass is 197 g/mol. The number of hydrogen-bond donors (Lipinski definition) is 1. The molecule has 5 nitrogen and oxygen atoms in total. The van der Waals surface area contributed by atoms with Gasteiger partial charge in [0.2, 0.25) is 5.91 Å². The molecule has 78 valence electrons. The van der Waals surface area contributed by atoms with Crippen molar-refractivity contribution >= 4 is 11.9 Å². The van der Waals surface area contributed by atoms with Gasteiger partial charge < -0.3 is 5.32 Å². The van der Waals surface area contributed by atoms with Crippen LogP contribution in [0.4, 0.5) is 4.79 Å². The Morgan fingerprint density at radius 2 is 2.36 bits per heavy atom. The zero-order chi connectivity index (χ0) is 10.1. The van der Waals surface area contributed by atoms with E-state index in [9.17, 15) is 9.59 Å². The number of carbonyl (C=O) groups is 2. The molecule has 1 saturated heterocycles. The van der Waals surface area contributed by atoms with Crippen LogP contribution in [-0.2, 0) is 4.79 Å². The van der Waals surface area contributed by atoms with E-state index in [0.717, 1.165) is 0 Å². The zero-order valence-corrected chi connectivity index (χ0v) is 8.32. The summed E-state index contributed by atoms with van der Waals surface area (Å²) in [7, 11) is 1.93. The van der Waals surface area contributed by atoms with Crippen LogP contribution in [0.1, 0.15) is 12.8 Å². The molecule has 1 aliphatic carbocycles. The van der Waals surface area contributed by atoms with Crippen LogP contribution in [-0.4, -0.2) is 54.5 Å². The molecule has 3 amide bonds. The van der Waals surface area contributed by atoms with Crippen molar-refractivity contribution in [3.05, 3.63) is 0 Å². The van der Waals surface area contributed by atoms with E-state index in [2.05, 4.69) is 5.32 Å². The number of nitrogens with one attached hydrogen (secondary N) is 1. The van der Waals surface area contributed by atoms with Gasteiger partial charge in [0.05, 0.1) is 6.54 Å². The third kappa shape index (κ3) is 1.87. The highest BCUT2D eigenvalue weighted by Gasteiger charge is 2.31. The van der Waals surface area contributed by atoms with Crippen molar-refractivity contribution in [1.29, 1.82) is 0 Å². The van der Waals surface area contributed by atoms with Gasteiger partial charge in [-0.25, -0.2) is 4.79 Å². The van der Waals surface area contributed by atoms with E-state index < -0.39 is 0 Å². The maximum absolute atomic E-state index is 11.6. The Hall–Kier alpha value is -1.10. The van der Waals surface area contributed by atoms with Gasteiger partial charge in [-0.1, -0.05) is 0 Å². The Bertz CT molecular complexity index is 263. The second-order valence-electron chi connectivity index (χ2n) is 3.92. The van der Waals surface area contributed by atoms with Crippen molar-refractivity contribution < 1.29 is 9.59 Å². The van der Waals surface area contributed by atoms with E-state index in [0.29, 0.717) is 25.7 Å². The van der Waals surface area contributed by atoms with E-state index >= 15 is 0 Å². The maximum Gasteiger partial charge on any atom is 0.324 e. The van der Waals surface area contributed by atoms with E-state index in [1.165, 1.54) is 17.7 Å². The fourth-order valence-electron chi connectivity index (χ4n) is 1.65. The first kappa shape index (κ1) is 9.45. The van der Waals surface area contributed by atoms with Gasteiger partial charge in [0.25, 0.3) is 0 Å². The predicted molar refractivity (Wildman–Crippen MR) is 50.8 cm³/mol. The molecule has 2 rings (SSSR count). The minimum Gasteiger partial charge on any atom is -0.336 e. The van der Waals surface area contributed by atoms with Gasteiger partial charge in [-0.2, -0.15) is 0 Å². The summed E-state index contributed by atoms with van der Waals surface area (Å²) < 4.78 is 0. The molecule has 1 N–H and O–H groups in total. The Balaban J connectivity index is 1.84. The van der Waals surface area contributed by atoms with Gasteiger partial charge in [0.1, 0.15) is 0 Å². The van der Waals surface area contributed by atoms with Gasteiger partial charge in [0, 0.05) is 19.1 Å².